The van der Waals surface area contributed by atoms with Crippen LogP contribution < -0.4 is 15.4 Å². The van der Waals surface area contributed by atoms with Crippen LogP contribution in [0.5, 0.6) is 5.75 Å². The monoisotopic (exact) mass is 407 g/mol. The topological polar surface area (TPSA) is 91.9 Å². The van der Waals surface area contributed by atoms with Gasteiger partial charge >= 0.3 is 0 Å². The van der Waals surface area contributed by atoms with Gasteiger partial charge in [-0.25, -0.2) is 18.7 Å². The summed E-state index contributed by atoms with van der Waals surface area (Å²) in [6.07, 6.45) is -1.12. The number of H-pyrrole nitrogens is 1. The van der Waals surface area contributed by atoms with Crippen LogP contribution in [0.4, 0.5) is 26.0 Å². The molecule has 0 atom stereocenters. The summed E-state index contributed by atoms with van der Waals surface area (Å²) in [5, 5.41) is 6.19. The lowest BCUT2D eigenvalue weighted by Crippen LogP contribution is -2.14. The van der Waals surface area contributed by atoms with Gasteiger partial charge in [0.05, 0.1) is 23.5 Å². The second-order valence-corrected chi connectivity index (χ2v) is 6.79. The van der Waals surface area contributed by atoms with Crippen LogP contribution in [0.3, 0.4) is 0 Å². The molecule has 7 nitrogen and oxygen atoms in total. The summed E-state index contributed by atoms with van der Waals surface area (Å²) in [6.45, 7) is 0. The van der Waals surface area contributed by atoms with E-state index in [9.17, 15) is 13.6 Å². The van der Waals surface area contributed by atoms with Crippen LogP contribution >= 0.6 is 11.6 Å². The van der Waals surface area contributed by atoms with E-state index in [0.29, 0.717) is 22.1 Å². The Morgan fingerprint density at radius 2 is 2.11 bits per heavy atom. The minimum atomic E-state index is -2.78. The van der Waals surface area contributed by atoms with E-state index in [1.165, 1.54) is 7.11 Å². The lowest BCUT2D eigenvalue weighted by molar-refractivity contribution is -0.117. The summed E-state index contributed by atoms with van der Waals surface area (Å²) < 4.78 is 31.5. The highest BCUT2D eigenvalue weighted by atomic mass is 35.5. The van der Waals surface area contributed by atoms with Gasteiger partial charge in [-0.1, -0.05) is 17.7 Å². The van der Waals surface area contributed by atoms with E-state index in [0.717, 1.165) is 12.8 Å². The number of amides is 1. The zero-order valence-corrected chi connectivity index (χ0v) is 15.5. The molecule has 0 spiro atoms. The maximum absolute atomic E-state index is 13.1. The number of methoxy groups -OCH3 is 1. The summed E-state index contributed by atoms with van der Waals surface area (Å²) in [6, 6.07) is 6.65. The zero-order valence-electron chi connectivity index (χ0n) is 14.7. The molecular weight excluding hydrogens is 392 g/mol. The number of benzene rings is 1. The Kier molecular flexibility index (Phi) is 4.76. The van der Waals surface area contributed by atoms with Crippen molar-refractivity contribution < 1.29 is 18.3 Å². The highest BCUT2D eigenvalue weighted by molar-refractivity contribution is 6.32. The molecule has 3 aromatic rings. The summed E-state index contributed by atoms with van der Waals surface area (Å²) in [5.74, 6) is -0.0546. The van der Waals surface area contributed by atoms with Gasteiger partial charge < -0.3 is 20.4 Å². The van der Waals surface area contributed by atoms with E-state index in [2.05, 4.69) is 25.6 Å². The van der Waals surface area contributed by atoms with Crippen molar-refractivity contribution in [2.24, 2.45) is 5.92 Å². The quantitative estimate of drug-likeness (QED) is 0.553. The first-order valence-electron chi connectivity index (χ1n) is 8.55. The first-order chi connectivity index (χ1) is 13.5. The number of ether oxygens (including phenoxy) is 1. The molecule has 10 heteroatoms. The van der Waals surface area contributed by atoms with E-state index in [1.54, 1.807) is 24.3 Å². The lowest BCUT2D eigenvalue weighted by atomic mass is 10.2. The van der Waals surface area contributed by atoms with Crippen LogP contribution in [-0.4, -0.2) is 28.0 Å². The molecule has 0 unspecified atom stereocenters. The van der Waals surface area contributed by atoms with E-state index in [4.69, 9.17) is 16.3 Å². The average molecular weight is 408 g/mol. The van der Waals surface area contributed by atoms with Gasteiger partial charge in [0, 0.05) is 12.0 Å². The van der Waals surface area contributed by atoms with E-state index < -0.39 is 12.2 Å². The van der Waals surface area contributed by atoms with Crippen molar-refractivity contribution in [1.82, 2.24) is 15.0 Å². The summed E-state index contributed by atoms with van der Waals surface area (Å²) >= 11 is 6.15. The van der Waals surface area contributed by atoms with Crippen LogP contribution in [0.2, 0.25) is 5.02 Å². The average Bonchev–Trinajstić information content (AvgIpc) is 3.41. The molecule has 2 heterocycles. The fourth-order valence-electron chi connectivity index (χ4n) is 2.80. The Balaban J connectivity index is 1.78. The number of para-hydroxylation sites is 1. The number of imidazole rings is 1. The van der Waals surface area contributed by atoms with Crippen LogP contribution in [0.25, 0.3) is 11.2 Å². The van der Waals surface area contributed by atoms with Crippen LogP contribution in [0, 0.1) is 5.92 Å². The number of pyridine rings is 1. The lowest BCUT2D eigenvalue weighted by Gasteiger charge is -2.13. The molecular formula is C18H16ClF2N5O2. The number of halogens is 3. The number of nitrogens with one attached hydrogen (secondary N) is 3. The largest absolute Gasteiger partial charge is 0.493 e. The number of aromatic amines is 1. The number of rotatable bonds is 6. The van der Waals surface area contributed by atoms with Crippen molar-refractivity contribution in [2.45, 2.75) is 19.3 Å². The molecule has 4 rings (SSSR count). The molecule has 0 aliphatic heterocycles. The maximum Gasteiger partial charge on any atom is 0.295 e. The number of hydrogen-bond donors (Lipinski definition) is 3. The van der Waals surface area contributed by atoms with Gasteiger partial charge in [0.2, 0.25) is 5.91 Å². The number of carbonyl (C=O) groups excluding carboxylic acids is 1. The van der Waals surface area contributed by atoms with Crippen LogP contribution in [-0.2, 0) is 4.79 Å². The molecule has 146 valence electrons. The molecule has 0 radical (unpaired) electrons. The van der Waals surface area contributed by atoms with Crippen molar-refractivity contribution in [3.63, 3.8) is 0 Å². The molecule has 1 saturated carbocycles. The van der Waals surface area contributed by atoms with Gasteiger partial charge in [-0.15, -0.1) is 0 Å². The van der Waals surface area contributed by atoms with Gasteiger partial charge in [-0.05, 0) is 25.0 Å². The first-order valence-corrected chi connectivity index (χ1v) is 8.93. The number of nitrogens with zero attached hydrogens (tertiary/aromatic N) is 2. The van der Waals surface area contributed by atoms with Crippen LogP contribution in [0.15, 0.2) is 24.3 Å². The SMILES string of the molecule is COc1c(Cl)cccc1Nc1cc(NC(=O)C2CC2)nc2[nH]c(C(F)F)nc12. The number of anilines is 3. The minimum absolute atomic E-state index is 0.0275. The molecule has 2 aromatic heterocycles. The third kappa shape index (κ3) is 3.57. The third-order valence-corrected chi connectivity index (χ3v) is 4.62. The number of aromatic nitrogens is 3. The highest BCUT2D eigenvalue weighted by Gasteiger charge is 2.30. The Morgan fingerprint density at radius 1 is 1.32 bits per heavy atom. The number of hydrogen-bond acceptors (Lipinski definition) is 5. The van der Waals surface area contributed by atoms with Crippen molar-refractivity contribution in [3.05, 3.63) is 35.1 Å². The van der Waals surface area contributed by atoms with Gasteiger partial charge in [-0.3, -0.25) is 4.79 Å². The van der Waals surface area contributed by atoms with Crippen LogP contribution in [0.1, 0.15) is 25.1 Å². The van der Waals surface area contributed by atoms with E-state index in [1.807, 2.05) is 0 Å². The normalized spacial score (nSPS) is 13.8. The molecule has 1 aliphatic rings. The summed E-state index contributed by atoms with van der Waals surface area (Å²) in [7, 11) is 1.47. The minimum Gasteiger partial charge on any atom is -0.493 e. The second-order valence-electron chi connectivity index (χ2n) is 6.38. The van der Waals surface area contributed by atoms with Crippen molar-refractivity contribution in [3.8, 4) is 5.75 Å². The van der Waals surface area contributed by atoms with Gasteiger partial charge in [0.25, 0.3) is 6.43 Å². The molecule has 3 N–H and O–H groups in total. The molecule has 1 aliphatic carbocycles. The maximum atomic E-state index is 13.1. The predicted molar refractivity (Wildman–Crippen MR) is 101 cm³/mol. The number of alkyl halides is 2. The summed E-state index contributed by atoms with van der Waals surface area (Å²) in [5.41, 5.74) is 1.23. The van der Waals surface area contributed by atoms with Gasteiger partial charge in [0.15, 0.2) is 17.2 Å². The van der Waals surface area contributed by atoms with Crippen molar-refractivity contribution >= 4 is 45.9 Å². The van der Waals surface area contributed by atoms with Gasteiger partial charge in [-0.2, -0.15) is 0 Å². The molecule has 1 amide bonds. The standard InChI is InChI=1S/C18H16ClF2N5O2/c1-28-14-9(19)3-2-4-10(14)22-11-7-12(24-18(27)8-5-6-8)23-16-13(11)25-17(26-16)15(20)21/h2-4,7-8,15H,5-6H2,1H3,(H3,22,23,24,25,26,27). The smallest absolute Gasteiger partial charge is 0.295 e. The highest BCUT2D eigenvalue weighted by Crippen LogP contribution is 2.37. The Hall–Kier alpha value is -2.94. The Morgan fingerprint density at radius 3 is 2.79 bits per heavy atom. The molecule has 0 bridgehead atoms. The Labute approximate surface area is 163 Å². The van der Waals surface area contributed by atoms with Crippen molar-refractivity contribution in [2.75, 3.05) is 17.7 Å². The number of carbonyl (C=O) groups is 1. The summed E-state index contributed by atoms with van der Waals surface area (Å²) in [4.78, 5) is 22.7. The second kappa shape index (κ2) is 7.23. The predicted octanol–water partition coefficient (Wildman–Crippen LogP) is 4.65. The Bertz CT molecular complexity index is 1050. The fraction of sp³-hybridized carbons (Fsp3) is 0.278. The molecule has 0 saturated heterocycles. The fourth-order valence-corrected chi connectivity index (χ4v) is 3.06. The first kappa shape index (κ1) is 18.4. The molecule has 1 aromatic carbocycles. The molecule has 1 fully saturated rings. The van der Waals surface area contributed by atoms with Crippen molar-refractivity contribution in [1.29, 1.82) is 0 Å². The zero-order chi connectivity index (χ0) is 19.8. The van der Waals surface area contributed by atoms with E-state index >= 15 is 0 Å². The molecule has 28 heavy (non-hydrogen) atoms. The third-order valence-electron chi connectivity index (χ3n) is 4.32. The van der Waals surface area contributed by atoms with Gasteiger partial charge in [0.1, 0.15) is 11.3 Å². The number of fused-ring (bicyclic) bond motifs is 1. The van der Waals surface area contributed by atoms with E-state index in [-0.39, 0.29) is 28.8 Å².